The van der Waals surface area contributed by atoms with Gasteiger partial charge in [0.05, 0.1) is 4.88 Å². The number of Topliss-reactive ketones (excluding diaryl/α,β-unsaturated/α-hetero) is 2. The van der Waals surface area contributed by atoms with Gasteiger partial charge in [-0.1, -0.05) is 86.8 Å². The Hall–Kier alpha value is -4.49. The Morgan fingerprint density at radius 1 is 0.825 bits per heavy atom. The molecule has 2 aromatic heterocycles. The number of aromatic nitrogens is 1. The first kappa shape index (κ1) is 28.5. The van der Waals surface area contributed by atoms with Gasteiger partial charge in [-0.15, -0.1) is 11.3 Å². The predicted octanol–water partition coefficient (Wildman–Crippen LogP) is 8.80. The minimum atomic E-state index is -1.01. The van der Waals surface area contributed by atoms with E-state index in [1.807, 2.05) is 72.1 Å². The van der Waals surface area contributed by atoms with Crippen molar-refractivity contribution in [2.45, 2.75) is 39.0 Å². The minimum Gasteiger partial charge on any atom is -0.478 e. The van der Waals surface area contributed by atoms with Gasteiger partial charge in [-0.05, 0) is 47.2 Å². The van der Waals surface area contributed by atoms with E-state index < -0.39 is 5.97 Å². The average molecular weight is 554 g/mol. The molecule has 0 fully saturated rings. The van der Waals surface area contributed by atoms with E-state index in [0.717, 1.165) is 47.7 Å². The van der Waals surface area contributed by atoms with E-state index in [4.69, 9.17) is 9.84 Å². The lowest BCUT2D eigenvalue weighted by Gasteiger charge is -2.05. The van der Waals surface area contributed by atoms with Gasteiger partial charge < -0.3 is 14.8 Å². The molecular weight excluding hydrogens is 522 g/mol. The monoisotopic (exact) mass is 553 g/mol. The number of aromatic amines is 1. The molecule has 0 saturated carbocycles. The van der Waals surface area contributed by atoms with E-state index in [2.05, 4.69) is 11.9 Å². The molecule has 5 aromatic rings. The second-order valence-electron chi connectivity index (χ2n) is 9.25. The molecule has 0 aliphatic rings. The van der Waals surface area contributed by atoms with Crippen LogP contribution in [-0.4, -0.2) is 27.6 Å². The lowest BCUT2D eigenvalue weighted by molar-refractivity contribution is -0.115. The summed E-state index contributed by atoms with van der Waals surface area (Å²) < 4.78 is 5.62. The second kappa shape index (κ2) is 14.1. The maximum Gasteiger partial charge on any atom is 0.339 e. The Morgan fingerprint density at radius 2 is 1.55 bits per heavy atom. The highest BCUT2D eigenvalue weighted by Crippen LogP contribution is 2.28. The van der Waals surface area contributed by atoms with Crippen molar-refractivity contribution in [2.24, 2.45) is 0 Å². The van der Waals surface area contributed by atoms with Gasteiger partial charge >= 0.3 is 5.97 Å². The zero-order chi connectivity index (χ0) is 28.3. The first-order valence-electron chi connectivity index (χ1n) is 13.3. The third-order valence-corrected chi connectivity index (χ3v) is 7.21. The lowest BCUT2D eigenvalue weighted by atomic mass is 10.1. The van der Waals surface area contributed by atoms with Gasteiger partial charge in [-0.25, -0.2) is 4.79 Å². The standard InChI is InChI=1S/C18H20O2S.C15H11NO3/c1-2-3-4-8-11-16(19)18(20)17-12-15(13-21-17)14-9-6-5-7-10-14;17-15(18)11-6-2-4-8-13(11)19-14-9-10-5-1-3-7-12(10)16-14/h5-7,9-10,12-13H,2-4,8,11H2,1H3;1-9,16H,(H,17,18). The summed E-state index contributed by atoms with van der Waals surface area (Å²) in [6.45, 7) is 2.13. The highest BCUT2D eigenvalue weighted by molar-refractivity contribution is 7.13. The molecule has 0 radical (unpaired) electrons. The molecule has 0 saturated heterocycles. The number of carboxylic acid groups (broad SMARTS) is 1. The summed E-state index contributed by atoms with van der Waals surface area (Å²) in [7, 11) is 0. The van der Waals surface area contributed by atoms with E-state index >= 15 is 0 Å². The van der Waals surface area contributed by atoms with Crippen molar-refractivity contribution in [3.63, 3.8) is 0 Å². The SMILES string of the molecule is CCCCCCC(=O)C(=O)c1cc(-c2ccccc2)cs1.O=C(O)c1ccccc1Oc1cc2ccccc2[nH]1. The van der Waals surface area contributed by atoms with E-state index in [0.29, 0.717) is 22.9 Å². The maximum absolute atomic E-state index is 12.1. The minimum absolute atomic E-state index is 0.140. The summed E-state index contributed by atoms with van der Waals surface area (Å²) >= 11 is 1.35. The van der Waals surface area contributed by atoms with Crippen LogP contribution in [0.1, 0.15) is 59.1 Å². The summed E-state index contributed by atoms with van der Waals surface area (Å²) in [4.78, 5) is 38.8. The first-order chi connectivity index (χ1) is 19.5. The van der Waals surface area contributed by atoms with Crippen molar-refractivity contribution in [1.82, 2.24) is 4.98 Å². The van der Waals surface area contributed by atoms with Gasteiger partial charge in [-0.3, -0.25) is 9.59 Å². The number of thiophene rings is 1. The van der Waals surface area contributed by atoms with Crippen LogP contribution in [-0.2, 0) is 4.79 Å². The number of ether oxygens (including phenoxy) is 1. The zero-order valence-electron chi connectivity index (χ0n) is 22.3. The van der Waals surface area contributed by atoms with Gasteiger partial charge in [0.15, 0.2) is 5.88 Å². The smallest absolute Gasteiger partial charge is 0.339 e. The summed E-state index contributed by atoms with van der Waals surface area (Å²) in [6.07, 6.45) is 4.47. The van der Waals surface area contributed by atoms with Crippen molar-refractivity contribution in [3.8, 4) is 22.8 Å². The van der Waals surface area contributed by atoms with Crippen LogP contribution in [0.3, 0.4) is 0 Å². The van der Waals surface area contributed by atoms with Crippen molar-refractivity contribution < 1.29 is 24.2 Å². The zero-order valence-corrected chi connectivity index (χ0v) is 23.1. The van der Waals surface area contributed by atoms with Crippen LogP contribution >= 0.6 is 11.3 Å². The highest BCUT2D eigenvalue weighted by atomic mass is 32.1. The number of benzene rings is 3. The van der Waals surface area contributed by atoms with E-state index in [-0.39, 0.29) is 17.1 Å². The number of ketones is 2. The molecule has 40 heavy (non-hydrogen) atoms. The summed E-state index contributed by atoms with van der Waals surface area (Å²) in [5.74, 6) is -0.755. The molecule has 0 aliphatic heterocycles. The Kier molecular flexibility index (Phi) is 10.0. The van der Waals surface area contributed by atoms with Crippen molar-refractivity contribution >= 4 is 39.8 Å². The van der Waals surface area contributed by atoms with Gasteiger partial charge in [0.2, 0.25) is 11.6 Å². The number of carbonyl (C=O) groups excluding carboxylic acids is 2. The quantitative estimate of drug-likeness (QED) is 0.0968. The fraction of sp³-hybridized carbons (Fsp3) is 0.182. The molecule has 2 N–H and O–H groups in total. The Bertz CT molecular complexity index is 1550. The van der Waals surface area contributed by atoms with Crippen LogP contribution in [0.25, 0.3) is 22.0 Å². The predicted molar refractivity (Wildman–Crippen MR) is 160 cm³/mol. The third-order valence-electron chi connectivity index (χ3n) is 6.28. The van der Waals surface area contributed by atoms with Crippen LogP contribution < -0.4 is 4.74 Å². The molecule has 0 amide bonds. The van der Waals surface area contributed by atoms with Gasteiger partial charge in [0.25, 0.3) is 0 Å². The van der Waals surface area contributed by atoms with Gasteiger partial charge in [0, 0.05) is 23.4 Å². The molecule has 2 heterocycles. The number of para-hydroxylation sites is 2. The molecule has 0 spiro atoms. The number of nitrogens with one attached hydrogen (secondary N) is 1. The first-order valence-corrected chi connectivity index (χ1v) is 14.1. The van der Waals surface area contributed by atoms with E-state index in [9.17, 15) is 14.4 Å². The largest absolute Gasteiger partial charge is 0.478 e. The molecule has 7 heteroatoms. The normalized spacial score (nSPS) is 10.5. The maximum atomic E-state index is 12.1. The van der Waals surface area contributed by atoms with E-state index in [1.165, 1.54) is 17.4 Å². The van der Waals surface area contributed by atoms with Crippen LogP contribution in [0, 0.1) is 0 Å². The molecule has 204 valence electrons. The molecule has 3 aromatic carbocycles. The molecular formula is C33H31NO5S. The fourth-order valence-corrected chi connectivity index (χ4v) is 5.03. The van der Waals surface area contributed by atoms with Crippen LogP contribution in [0.4, 0.5) is 0 Å². The number of fused-ring (bicyclic) bond motifs is 1. The Labute approximate surface area is 237 Å². The number of carboxylic acids is 1. The molecule has 0 atom stereocenters. The number of H-pyrrole nitrogens is 1. The van der Waals surface area contributed by atoms with Crippen molar-refractivity contribution in [3.05, 3.63) is 107 Å². The number of unbranched alkanes of at least 4 members (excludes halogenated alkanes) is 3. The second-order valence-corrected chi connectivity index (χ2v) is 10.2. The number of hydrogen-bond acceptors (Lipinski definition) is 5. The van der Waals surface area contributed by atoms with Crippen LogP contribution in [0.5, 0.6) is 11.6 Å². The Balaban J connectivity index is 0.000000186. The molecule has 5 rings (SSSR count). The van der Waals surface area contributed by atoms with Crippen molar-refractivity contribution in [2.75, 3.05) is 0 Å². The Morgan fingerprint density at radius 3 is 2.30 bits per heavy atom. The van der Waals surface area contributed by atoms with E-state index in [1.54, 1.807) is 18.2 Å². The summed E-state index contributed by atoms with van der Waals surface area (Å²) in [5.41, 5.74) is 3.16. The van der Waals surface area contributed by atoms with Crippen molar-refractivity contribution in [1.29, 1.82) is 0 Å². The fourth-order valence-electron chi connectivity index (χ4n) is 4.15. The average Bonchev–Trinajstić information content (AvgIpc) is 3.63. The van der Waals surface area contributed by atoms with Gasteiger partial charge in [0.1, 0.15) is 11.3 Å². The number of hydrogen-bond donors (Lipinski definition) is 2. The van der Waals surface area contributed by atoms with Crippen LogP contribution in [0.15, 0.2) is 96.4 Å². The number of carbonyl (C=O) groups is 3. The summed E-state index contributed by atoms with van der Waals surface area (Å²) in [5, 5.41) is 12.0. The lowest BCUT2D eigenvalue weighted by Crippen LogP contribution is -2.12. The third kappa shape index (κ3) is 7.55. The molecule has 0 unspecified atom stereocenters. The van der Waals surface area contributed by atoms with Gasteiger partial charge in [-0.2, -0.15) is 0 Å². The molecule has 0 aliphatic carbocycles. The summed E-state index contributed by atoms with van der Waals surface area (Å²) in [6, 6.07) is 27.9. The molecule has 0 bridgehead atoms. The van der Waals surface area contributed by atoms with Crippen LogP contribution in [0.2, 0.25) is 0 Å². The number of rotatable bonds is 11. The highest BCUT2D eigenvalue weighted by Gasteiger charge is 2.18. The topological polar surface area (TPSA) is 96.5 Å². The number of aromatic carboxylic acids is 1. The molecule has 6 nitrogen and oxygen atoms in total.